The lowest BCUT2D eigenvalue weighted by Gasteiger charge is -2.27. The van der Waals surface area contributed by atoms with Crippen LogP contribution >= 0.6 is 0 Å². The Balaban J connectivity index is 1.75. The summed E-state index contributed by atoms with van der Waals surface area (Å²) in [5.74, 6) is -0.655. The van der Waals surface area contributed by atoms with Crippen molar-refractivity contribution in [2.24, 2.45) is 0 Å². The van der Waals surface area contributed by atoms with Crippen molar-refractivity contribution in [3.63, 3.8) is 0 Å². The number of carbonyl (C=O) groups is 1. The molecule has 0 aliphatic carbocycles. The molecule has 0 unspecified atom stereocenters. The Hall–Kier alpha value is -3.41. The molecule has 6 heteroatoms. The maximum Gasteiger partial charge on any atom is 0.174 e. The van der Waals surface area contributed by atoms with Crippen molar-refractivity contribution < 1.29 is 29.3 Å². The van der Waals surface area contributed by atoms with Crippen LogP contribution in [0.3, 0.4) is 0 Å². The van der Waals surface area contributed by atoms with Crippen LogP contribution < -0.4 is 4.74 Å². The highest BCUT2D eigenvalue weighted by Gasteiger charge is 2.33. The fraction of sp³-hybridized carbons (Fsp3) is 0.227. The van der Waals surface area contributed by atoms with Gasteiger partial charge in [0.05, 0.1) is 12.7 Å². The number of furan rings is 1. The first-order chi connectivity index (χ1) is 13.3. The van der Waals surface area contributed by atoms with E-state index in [0.717, 1.165) is 11.0 Å². The van der Waals surface area contributed by atoms with Gasteiger partial charge in [-0.1, -0.05) is 11.6 Å². The molecule has 0 spiro atoms. The maximum atomic E-state index is 12.8. The number of Topliss-reactive ketones (excluding diaryl/α,β-unsaturated/α-hetero) is 1. The van der Waals surface area contributed by atoms with E-state index in [0.29, 0.717) is 17.6 Å². The smallest absolute Gasteiger partial charge is 0.174 e. The van der Waals surface area contributed by atoms with Crippen LogP contribution in [0.2, 0.25) is 0 Å². The second-order valence-electron chi connectivity index (χ2n) is 7.18. The number of ether oxygens (including phenoxy) is 1. The number of aromatic hydroxyl groups is 3. The highest BCUT2D eigenvalue weighted by molar-refractivity contribution is 6.03. The van der Waals surface area contributed by atoms with Crippen LogP contribution in [0.25, 0.3) is 11.0 Å². The molecule has 28 heavy (non-hydrogen) atoms. The molecule has 0 radical (unpaired) electrons. The van der Waals surface area contributed by atoms with Gasteiger partial charge in [0, 0.05) is 28.6 Å². The van der Waals surface area contributed by atoms with Crippen molar-refractivity contribution in [1.82, 2.24) is 0 Å². The third-order valence-corrected chi connectivity index (χ3v) is 4.93. The fourth-order valence-corrected chi connectivity index (χ4v) is 3.46. The molecule has 2 aromatic carbocycles. The molecule has 1 atom stereocenters. The highest BCUT2D eigenvalue weighted by Crippen LogP contribution is 2.46. The molecule has 1 aliphatic heterocycles. The first-order valence-electron chi connectivity index (χ1n) is 8.96. The summed E-state index contributed by atoms with van der Waals surface area (Å²) in [6.45, 7) is 3.82. The van der Waals surface area contributed by atoms with Gasteiger partial charge in [-0.05, 0) is 32.4 Å². The number of benzene rings is 2. The van der Waals surface area contributed by atoms with E-state index in [2.05, 4.69) is 0 Å². The van der Waals surface area contributed by atoms with Crippen LogP contribution in [-0.4, -0.2) is 21.1 Å². The molecule has 3 aromatic rings. The van der Waals surface area contributed by atoms with Gasteiger partial charge in [0.1, 0.15) is 40.2 Å². The molecule has 0 bridgehead atoms. The Labute approximate surface area is 161 Å². The van der Waals surface area contributed by atoms with Gasteiger partial charge >= 0.3 is 0 Å². The predicted molar refractivity (Wildman–Crippen MR) is 103 cm³/mol. The summed E-state index contributed by atoms with van der Waals surface area (Å²) in [6, 6.07) is 6.29. The molecular formula is C22H20O6. The van der Waals surface area contributed by atoms with E-state index in [9.17, 15) is 20.1 Å². The molecule has 6 nitrogen and oxygen atoms in total. The van der Waals surface area contributed by atoms with Crippen molar-refractivity contribution in [3.8, 4) is 23.0 Å². The van der Waals surface area contributed by atoms with Gasteiger partial charge in [-0.15, -0.1) is 0 Å². The average molecular weight is 380 g/mol. The van der Waals surface area contributed by atoms with Gasteiger partial charge in [0.15, 0.2) is 5.78 Å². The molecule has 3 N–H and O–H groups in total. The topological polar surface area (TPSA) is 100 Å². The predicted octanol–water partition coefficient (Wildman–Crippen LogP) is 4.76. The number of ketones is 1. The summed E-state index contributed by atoms with van der Waals surface area (Å²) in [4.78, 5) is 12.8. The summed E-state index contributed by atoms with van der Waals surface area (Å²) >= 11 is 0. The van der Waals surface area contributed by atoms with Crippen molar-refractivity contribution in [2.45, 2.75) is 32.8 Å². The molecule has 2 heterocycles. The first-order valence-corrected chi connectivity index (χ1v) is 8.96. The highest BCUT2D eigenvalue weighted by atomic mass is 16.5. The van der Waals surface area contributed by atoms with Crippen LogP contribution in [0.4, 0.5) is 0 Å². The van der Waals surface area contributed by atoms with E-state index in [-0.39, 0.29) is 46.3 Å². The van der Waals surface area contributed by atoms with Crippen LogP contribution in [0, 0.1) is 0 Å². The van der Waals surface area contributed by atoms with Crippen molar-refractivity contribution in [2.75, 3.05) is 0 Å². The zero-order chi connectivity index (χ0) is 20.0. The number of allylic oxidation sites excluding steroid dienone is 2. The Kier molecular flexibility index (Phi) is 4.26. The van der Waals surface area contributed by atoms with Gasteiger partial charge in [-0.2, -0.15) is 0 Å². The molecule has 0 amide bonds. The number of hydrogen-bond donors (Lipinski definition) is 3. The number of fused-ring (bicyclic) bond motifs is 2. The summed E-state index contributed by atoms with van der Waals surface area (Å²) in [5.41, 5.74) is 2.36. The molecule has 0 fully saturated rings. The third kappa shape index (κ3) is 2.97. The number of carbonyl (C=O) groups excluding carboxylic acids is 1. The molecule has 1 aromatic heterocycles. The van der Waals surface area contributed by atoms with Crippen LogP contribution in [0.1, 0.15) is 47.9 Å². The van der Waals surface area contributed by atoms with Gasteiger partial charge in [0.25, 0.3) is 0 Å². The van der Waals surface area contributed by atoms with E-state index in [1.165, 1.54) is 18.4 Å². The second kappa shape index (κ2) is 6.64. The van der Waals surface area contributed by atoms with E-state index in [4.69, 9.17) is 9.15 Å². The van der Waals surface area contributed by atoms with Crippen LogP contribution in [-0.2, 0) is 6.42 Å². The summed E-state index contributed by atoms with van der Waals surface area (Å²) in [7, 11) is 0. The first kappa shape index (κ1) is 18.0. The maximum absolute atomic E-state index is 12.8. The van der Waals surface area contributed by atoms with Gasteiger partial charge < -0.3 is 24.5 Å². The standard InChI is InChI=1S/C22H20O6/c1-11(2)3-4-13-15(23)9-20-21(22(13)26)17(25)10-19(28-20)14-7-12-5-6-27-18(12)8-16(14)24/h3,5-9,19,23-24,26H,4,10H2,1-2H3/t19-/m0/s1. The number of phenols is 3. The van der Waals surface area contributed by atoms with Crippen LogP contribution in [0.15, 0.2) is 46.6 Å². The summed E-state index contributed by atoms with van der Waals surface area (Å²) in [5, 5.41) is 32.0. The van der Waals surface area contributed by atoms with Crippen LogP contribution in [0.5, 0.6) is 23.0 Å². The van der Waals surface area contributed by atoms with Crippen molar-refractivity contribution in [3.05, 3.63) is 58.9 Å². The van der Waals surface area contributed by atoms with E-state index in [1.807, 2.05) is 19.9 Å². The SMILES string of the molecule is CC(C)=CCc1c(O)cc2c(c1O)C(=O)C[C@@H](c1cc3ccoc3cc1O)O2. The van der Waals surface area contributed by atoms with Gasteiger partial charge in [-0.25, -0.2) is 0 Å². The van der Waals surface area contributed by atoms with Crippen molar-refractivity contribution in [1.29, 1.82) is 0 Å². The monoisotopic (exact) mass is 380 g/mol. The average Bonchev–Trinajstić information content (AvgIpc) is 3.06. The lowest BCUT2D eigenvalue weighted by molar-refractivity contribution is 0.0842. The molecule has 4 rings (SSSR count). The lowest BCUT2D eigenvalue weighted by atomic mass is 9.92. The van der Waals surface area contributed by atoms with Gasteiger partial charge in [-0.3, -0.25) is 4.79 Å². The minimum atomic E-state index is -0.735. The Morgan fingerprint density at radius 3 is 2.71 bits per heavy atom. The Morgan fingerprint density at radius 1 is 1.18 bits per heavy atom. The largest absolute Gasteiger partial charge is 0.507 e. The molecular weight excluding hydrogens is 360 g/mol. The minimum absolute atomic E-state index is 0.0374. The number of rotatable bonds is 3. The van der Waals surface area contributed by atoms with Gasteiger partial charge in [0.2, 0.25) is 0 Å². The summed E-state index contributed by atoms with van der Waals surface area (Å²) in [6.07, 6.45) is 2.91. The Bertz CT molecular complexity index is 1120. The lowest BCUT2D eigenvalue weighted by Crippen LogP contribution is -2.21. The number of hydrogen-bond acceptors (Lipinski definition) is 6. The molecule has 1 aliphatic rings. The van der Waals surface area contributed by atoms with E-state index >= 15 is 0 Å². The third-order valence-electron chi connectivity index (χ3n) is 4.93. The molecule has 144 valence electrons. The molecule has 0 saturated carbocycles. The fourth-order valence-electron chi connectivity index (χ4n) is 3.46. The van der Waals surface area contributed by atoms with Crippen molar-refractivity contribution >= 4 is 16.8 Å². The minimum Gasteiger partial charge on any atom is -0.507 e. The summed E-state index contributed by atoms with van der Waals surface area (Å²) < 4.78 is 11.2. The van der Waals surface area contributed by atoms with E-state index in [1.54, 1.807) is 12.1 Å². The Morgan fingerprint density at radius 2 is 1.96 bits per heavy atom. The zero-order valence-corrected chi connectivity index (χ0v) is 15.5. The normalized spacial score (nSPS) is 15.9. The molecule has 0 saturated heterocycles. The zero-order valence-electron chi connectivity index (χ0n) is 15.5. The quantitative estimate of drug-likeness (QED) is 0.566. The van der Waals surface area contributed by atoms with E-state index < -0.39 is 6.10 Å². The second-order valence-corrected chi connectivity index (χ2v) is 7.18. The number of phenolic OH excluding ortho intramolecular Hbond substituents is 3.